The van der Waals surface area contributed by atoms with Crippen molar-refractivity contribution in [3.63, 3.8) is 0 Å². The zero-order chi connectivity index (χ0) is 24.3. The number of urea groups is 1. The second kappa shape index (κ2) is 8.09. The molecule has 3 aliphatic heterocycles. The van der Waals surface area contributed by atoms with Crippen LogP contribution in [0, 0.1) is 5.82 Å². The number of nitrogens with zero attached hydrogens (tertiary/aromatic N) is 5. The van der Waals surface area contributed by atoms with Gasteiger partial charge < -0.3 is 15.5 Å². The molecule has 35 heavy (non-hydrogen) atoms. The third-order valence-corrected chi connectivity index (χ3v) is 7.44. The SMILES string of the molecule is O=C1NC[C@]2(CC3=C(c4cnn(C(F)F)c4)[C@H](c4ccc(F)cc4Cl)N=C(c4nccs4)N3C2)N1. The first-order valence-electron chi connectivity index (χ1n) is 10.7. The number of aromatic nitrogens is 3. The Labute approximate surface area is 206 Å². The fourth-order valence-corrected chi connectivity index (χ4v) is 5.78. The molecule has 8 nitrogen and oxygen atoms in total. The number of benzene rings is 1. The lowest BCUT2D eigenvalue weighted by Gasteiger charge is -2.32. The van der Waals surface area contributed by atoms with Crippen LogP contribution in [0.1, 0.15) is 35.1 Å². The lowest BCUT2D eigenvalue weighted by molar-refractivity contribution is 0.0566. The summed E-state index contributed by atoms with van der Waals surface area (Å²) in [6.45, 7) is -2.01. The van der Waals surface area contributed by atoms with Crippen LogP contribution in [0.25, 0.3) is 5.57 Å². The van der Waals surface area contributed by atoms with Crippen molar-refractivity contribution in [2.24, 2.45) is 4.99 Å². The van der Waals surface area contributed by atoms with Crippen LogP contribution in [-0.2, 0) is 0 Å². The normalized spacial score (nSPS) is 23.7. The standard InChI is InChI=1S/C22H17ClF3N7OS/c23-14-5-12(24)1-2-13(14)17-16(11-7-29-33(8-11)20(25)26)15-6-22(9-28-21(34)31-22)10-32(15)18(30-17)19-27-3-4-35-19/h1-5,7-8,17,20H,6,9-10H2,(H2,28,31,34)/t17-,22-/m0/s1. The Hall–Kier alpha value is -3.38. The van der Waals surface area contributed by atoms with Gasteiger partial charge in [0.05, 0.1) is 11.7 Å². The highest BCUT2D eigenvalue weighted by molar-refractivity contribution is 7.11. The van der Waals surface area contributed by atoms with Gasteiger partial charge in [-0.25, -0.2) is 18.9 Å². The molecule has 3 aliphatic rings. The van der Waals surface area contributed by atoms with E-state index >= 15 is 0 Å². The molecule has 0 aliphatic carbocycles. The number of alkyl halides is 2. The smallest absolute Gasteiger partial charge is 0.333 e. The van der Waals surface area contributed by atoms with Crippen molar-refractivity contribution in [2.45, 2.75) is 24.6 Å². The van der Waals surface area contributed by atoms with E-state index in [-0.39, 0.29) is 11.1 Å². The number of nitrogens with one attached hydrogen (secondary N) is 2. The van der Waals surface area contributed by atoms with E-state index in [4.69, 9.17) is 16.6 Å². The predicted octanol–water partition coefficient (Wildman–Crippen LogP) is 4.20. The fraction of sp³-hybridized carbons (Fsp3) is 0.273. The maximum absolute atomic E-state index is 13.9. The van der Waals surface area contributed by atoms with Gasteiger partial charge in [0.2, 0.25) is 0 Å². The number of rotatable bonds is 4. The number of halogens is 4. The fourth-order valence-electron chi connectivity index (χ4n) is 4.87. The van der Waals surface area contributed by atoms with E-state index in [9.17, 15) is 18.0 Å². The summed E-state index contributed by atoms with van der Waals surface area (Å²) in [5.74, 6) is 0.0722. The van der Waals surface area contributed by atoms with E-state index in [1.807, 2.05) is 10.3 Å². The first kappa shape index (κ1) is 22.1. The number of carbonyl (C=O) groups excluding carboxylic acids is 1. The number of hydrogen-bond acceptors (Lipinski definition) is 6. The monoisotopic (exact) mass is 519 g/mol. The highest BCUT2D eigenvalue weighted by Gasteiger charge is 2.50. The van der Waals surface area contributed by atoms with Crippen LogP contribution >= 0.6 is 22.9 Å². The molecule has 0 unspecified atom stereocenters. The molecule has 3 aromatic rings. The van der Waals surface area contributed by atoms with Crippen molar-refractivity contribution in [3.8, 4) is 0 Å². The van der Waals surface area contributed by atoms with Gasteiger partial charge in [-0.15, -0.1) is 11.3 Å². The van der Waals surface area contributed by atoms with E-state index in [1.165, 1.54) is 35.9 Å². The average molecular weight is 520 g/mol. The summed E-state index contributed by atoms with van der Waals surface area (Å²) in [5.41, 5.74) is 1.74. The molecule has 1 spiro atoms. The average Bonchev–Trinajstić information content (AvgIpc) is 3.60. The van der Waals surface area contributed by atoms with E-state index in [0.29, 0.717) is 51.7 Å². The molecule has 0 bridgehead atoms. The lowest BCUT2D eigenvalue weighted by Crippen LogP contribution is -2.47. The van der Waals surface area contributed by atoms with Crippen molar-refractivity contribution in [2.75, 3.05) is 13.1 Å². The Morgan fingerprint density at radius 1 is 1.31 bits per heavy atom. The first-order valence-corrected chi connectivity index (χ1v) is 11.9. The molecular formula is C22H17ClF3N7OS. The summed E-state index contributed by atoms with van der Waals surface area (Å²) in [6, 6.07) is 3.02. The molecule has 2 amide bonds. The van der Waals surface area contributed by atoms with E-state index < -0.39 is 23.9 Å². The highest BCUT2D eigenvalue weighted by Crippen LogP contribution is 2.48. The van der Waals surface area contributed by atoms with Crippen LogP contribution in [0.2, 0.25) is 5.02 Å². The van der Waals surface area contributed by atoms with Gasteiger partial charge in [-0.05, 0) is 17.7 Å². The molecule has 0 radical (unpaired) electrons. The Morgan fingerprint density at radius 2 is 2.17 bits per heavy atom. The highest BCUT2D eigenvalue weighted by atomic mass is 35.5. The third kappa shape index (κ3) is 3.67. The van der Waals surface area contributed by atoms with Crippen LogP contribution in [-0.4, -0.2) is 50.2 Å². The summed E-state index contributed by atoms with van der Waals surface area (Å²) in [5, 5.41) is 12.3. The number of amides is 2. The second-order valence-electron chi connectivity index (χ2n) is 8.56. The molecular weight excluding hydrogens is 503 g/mol. The molecule has 1 aromatic carbocycles. The Balaban J connectivity index is 1.58. The molecule has 13 heteroatoms. The zero-order valence-electron chi connectivity index (χ0n) is 17.9. The van der Waals surface area contributed by atoms with E-state index in [1.54, 1.807) is 12.3 Å². The summed E-state index contributed by atoms with van der Waals surface area (Å²) in [4.78, 5) is 23.4. The number of thiazole rings is 1. The zero-order valence-corrected chi connectivity index (χ0v) is 19.5. The van der Waals surface area contributed by atoms with Crippen molar-refractivity contribution in [1.29, 1.82) is 0 Å². The topological polar surface area (TPSA) is 87.4 Å². The lowest BCUT2D eigenvalue weighted by atomic mass is 9.89. The van der Waals surface area contributed by atoms with Crippen LogP contribution in [0.15, 0.2) is 52.9 Å². The molecule has 180 valence electrons. The molecule has 0 saturated carbocycles. The van der Waals surface area contributed by atoms with Gasteiger partial charge >= 0.3 is 12.6 Å². The van der Waals surface area contributed by atoms with Crippen LogP contribution < -0.4 is 10.6 Å². The summed E-state index contributed by atoms with van der Waals surface area (Å²) >= 11 is 7.86. The predicted molar refractivity (Wildman–Crippen MR) is 124 cm³/mol. The van der Waals surface area contributed by atoms with Gasteiger partial charge in [0, 0.05) is 59.1 Å². The summed E-state index contributed by atoms with van der Waals surface area (Å²) in [6.07, 6.45) is 4.70. The third-order valence-electron chi connectivity index (χ3n) is 6.34. The molecule has 6 rings (SSSR count). The number of fused-ring (bicyclic) bond motifs is 1. The number of carbonyl (C=O) groups is 1. The molecule has 2 N–H and O–H groups in total. The van der Waals surface area contributed by atoms with Gasteiger partial charge in [0.15, 0.2) is 10.8 Å². The van der Waals surface area contributed by atoms with E-state index in [2.05, 4.69) is 20.7 Å². The van der Waals surface area contributed by atoms with Crippen LogP contribution in [0.4, 0.5) is 18.0 Å². The van der Waals surface area contributed by atoms with Gasteiger partial charge in [-0.3, -0.25) is 4.99 Å². The molecule has 5 heterocycles. The number of hydrogen-bond donors (Lipinski definition) is 2. The Morgan fingerprint density at radius 3 is 2.83 bits per heavy atom. The number of aliphatic imine (C=N–C) groups is 1. The van der Waals surface area contributed by atoms with Crippen molar-refractivity contribution < 1.29 is 18.0 Å². The first-order chi connectivity index (χ1) is 16.8. The molecule has 2 aromatic heterocycles. The minimum atomic E-state index is -2.82. The second-order valence-corrected chi connectivity index (χ2v) is 9.86. The maximum Gasteiger partial charge on any atom is 0.333 e. The van der Waals surface area contributed by atoms with E-state index in [0.717, 1.165) is 5.70 Å². The summed E-state index contributed by atoms with van der Waals surface area (Å²) < 4.78 is 41.2. The number of amidine groups is 1. The molecule has 2 saturated heterocycles. The van der Waals surface area contributed by atoms with Crippen molar-refractivity contribution in [1.82, 2.24) is 30.3 Å². The van der Waals surface area contributed by atoms with Gasteiger partial charge in [0.25, 0.3) is 0 Å². The quantitative estimate of drug-likeness (QED) is 0.541. The van der Waals surface area contributed by atoms with Crippen molar-refractivity contribution >= 4 is 40.4 Å². The van der Waals surface area contributed by atoms with Gasteiger partial charge in [-0.2, -0.15) is 13.9 Å². The summed E-state index contributed by atoms with van der Waals surface area (Å²) in [7, 11) is 0. The Bertz CT molecular complexity index is 1390. The van der Waals surface area contributed by atoms with Crippen molar-refractivity contribution in [3.05, 3.63) is 74.8 Å². The van der Waals surface area contributed by atoms with Gasteiger partial charge in [0.1, 0.15) is 11.9 Å². The molecule has 2 atom stereocenters. The largest absolute Gasteiger partial charge is 0.336 e. The minimum Gasteiger partial charge on any atom is -0.336 e. The van der Waals surface area contributed by atoms with Crippen LogP contribution in [0.5, 0.6) is 0 Å². The Kier molecular flexibility index (Phi) is 5.11. The minimum absolute atomic E-state index is 0.161. The van der Waals surface area contributed by atoms with Crippen LogP contribution in [0.3, 0.4) is 0 Å². The molecule has 2 fully saturated rings. The maximum atomic E-state index is 13.9. The van der Waals surface area contributed by atoms with Gasteiger partial charge in [-0.1, -0.05) is 17.7 Å².